The van der Waals surface area contributed by atoms with Gasteiger partial charge in [0, 0.05) is 12.0 Å². The molecule has 0 aromatic rings. The topological polar surface area (TPSA) is 26.3 Å². The fourth-order valence-electron chi connectivity index (χ4n) is 1.46. The lowest BCUT2D eigenvalue weighted by molar-refractivity contribution is -0.124. The summed E-state index contributed by atoms with van der Waals surface area (Å²) in [5, 5.41) is 0. The number of hydrogen-bond donors (Lipinski definition) is 0. The molecule has 2 heteroatoms. The minimum absolute atomic E-state index is 0.0142. The number of rotatable bonds is 1. The summed E-state index contributed by atoms with van der Waals surface area (Å²) < 4.78 is 5.59. The molecule has 0 radical (unpaired) electrons. The molecule has 0 N–H and O–H groups in total. The SMILES string of the molecule is CCC1=C(C)C(=O)[C@@H](C)[C@@H](C)O1. The average Bonchev–Trinajstić information content (AvgIpc) is 2.08. The van der Waals surface area contributed by atoms with Crippen LogP contribution in [0.15, 0.2) is 11.3 Å². The highest BCUT2D eigenvalue weighted by Gasteiger charge is 2.29. The summed E-state index contributed by atoms with van der Waals surface area (Å²) in [4.78, 5) is 11.6. The maximum Gasteiger partial charge on any atom is 0.168 e. The first-order valence-corrected chi connectivity index (χ1v) is 4.48. The van der Waals surface area contributed by atoms with E-state index in [1.807, 2.05) is 27.7 Å². The van der Waals surface area contributed by atoms with E-state index in [-0.39, 0.29) is 17.8 Å². The van der Waals surface area contributed by atoms with Gasteiger partial charge in [-0.25, -0.2) is 0 Å². The molecule has 1 aliphatic heterocycles. The number of carbonyl (C=O) groups excluding carboxylic acids is 1. The van der Waals surface area contributed by atoms with E-state index in [0.29, 0.717) is 0 Å². The molecule has 0 spiro atoms. The van der Waals surface area contributed by atoms with Gasteiger partial charge in [0.1, 0.15) is 11.9 Å². The Morgan fingerprint density at radius 2 is 2.00 bits per heavy atom. The Balaban J connectivity index is 2.95. The number of allylic oxidation sites excluding steroid dienone is 2. The van der Waals surface area contributed by atoms with Crippen LogP contribution < -0.4 is 0 Å². The number of ether oxygens (including phenoxy) is 1. The summed E-state index contributed by atoms with van der Waals surface area (Å²) in [5.74, 6) is 1.12. The molecule has 0 aromatic carbocycles. The van der Waals surface area contributed by atoms with Crippen LogP contribution >= 0.6 is 0 Å². The highest BCUT2D eigenvalue weighted by molar-refractivity contribution is 5.97. The highest BCUT2D eigenvalue weighted by atomic mass is 16.5. The molecule has 0 amide bonds. The summed E-state index contributed by atoms with van der Waals surface area (Å²) in [6.07, 6.45) is 0.852. The second-order valence-corrected chi connectivity index (χ2v) is 3.38. The third kappa shape index (κ3) is 1.38. The van der Waals surface area contributed by atoms with E-state index in [4.69, 9.17) is 4.74 Å². The van der Waals surface area contributed by atoms with Gasteiger partial charge in [0.05, 0.1) is 5.92 Å². The number of hydrogen-bond acceptors (Lipinski definition) is 2. The second kappa shape index (κ2) is 3.30. The molecule has 1 heterocycles. The predicted octanol–water partition coefficient (Wildman–Crippen LogP) is 2.29. The van der Waals surface area contributed by atoms with Crippen molar-refractivity contribution >= 4 is 5.78 Å². The predicted molar refractivity (Wildman–Crippen MR) is 47.7 cm³/mol. The minimum Gasteiger partial charge on any atom is -0.494 e. The second-order valence-electron chi connectivity index (χ2n) is 3.38. The summed E-state index contributed by atoms with van der Waals surface area (Å²) >= 11 is 0. The maximum atomic E-state index is 11.6. The van der Waals surface area contributed by atoms with E-state index in [9.17, 15) is 4.79 Å². The number of carbonyl (C=O) groups is 1. The van der Waals surface area contributed by atoms with Gasteiger partial charge in [-0.1, -0.05) is 13.8 Å². The van der Waals surface area contributed by atoms with E-state index in [1.165, 1.54) is 0 Å². The zero-order valence-electron chi connectivity index (χ0n) is 8.18. The van der Waals surface area contributed by atoms with Crippen molar-refractivity contribution in [2.45, 2.75) is 40.2 Å². The van der Waals surface area contributed by atoms with Gasteiger partial charge in [-0.05, 0) is 13.8 Å². The number of Topliss-reactive ketones (excluding diaryl/α,β-unsaturated/α-hetero) is 1. The summed E-state index contributed by atoms with van der Waals surface area (Å²) in [6, 6.07) is 0. The van der Waals surface area contributed by atoms with E-state index in [0.717, 1.165) is 17.8 Å². The Bertz CT molecular complexity index is 228. The van der Waals surface area contributed by atoms with Gasteiger partial charge in [-0.15, -0.1) is 0 Å². The summed E-state index contributed by atoms with van der Waals surface area (Å²) in [7, 11) is 0. The van der Waals surface area contributed by atoms with Crippen molar-refractivity contribution in [2.75, 3.05) is 0 Å². The van der Waals surface area contributed by atoms with Crippen LogP contribution in [0.25, 0.3) is 0 Å². The molecule has 1 aliphatic rings. The Kier molecular flexibility index (Phi) is 2.55. The van der Waals surface area contributed by atoms with Crippen molar-refractivity contribution < 1.29 is 9.53 Å². The zero-order chi connectivity index (χ0) is 9.30. The van der Waals surface area contributed by atoms with Crippen molar-refractivity contribution in [3.05, 3.63) is 11.3 Å². The Morgan fingerprint density at radius 1 is 1.42 bits per heavy atom. The molecule has 68 valence electrons. The van der Waals surface area contributed by atoms with Gasteiger partial charge < -0.3 is 4.74 Å². The third-order valence-electron chi connectivity index (χ3n) is 2.55. The van der Waals surface area contributed by atoms with E-state index in [2.05, 4.69) is 0 Å². The first-order valence-electron chi connectivity index (χ1n) is 4.48. The lowest BCUT2D eigenvalue weighted by Gasteiger charge is -2.28. The molecule has 2 atom stereocenters. The van der Waals surface area contributed by atoms with E-state index < -0.39 is 0 Å². The van der Waals surface area contributed by atoms with Crippen molar-refractivity contribution in [2.24, 2.45) is 5.92 Å². The van der Waals surface area contributed by atoms with Crippen molar-refractivity contribution in [3.8, 4) is 0 Å². The van der Waals surface area contributed by atoms with Crippen molar-refractivity contribution in [3.63, 3.8) is 0 Å². The highest BCUT2D eigenvalue weighted by Crippen LogP contribution is 2.26. The molecule has 0 fully saturated rings. The smallest absolute Gasteiger partial charge is 0.168 e. The molecular weight excluding hydrogens is 152 g/mol. The van der Waals surface area contributed by atoms with Crippen molar-refractivity contribution in [1.29, 1.82) is 0 Å². The molecule has 1 rings (SSSR count). The zero-order valence-corrected chi connectivity index (χ0v) is 8.18. The van der Waals surface area contributed by atoms with Crippen LogP contribution in [0, 0.1) is 5.92 Å². The molecule has 0 aromatic heterocycles. The van der Waals surface area contributed by atoms with Gasteiger partial charge >= 0.3 is 0 Å². The summed E-state index contributed by atoms with van der Waals surface area (Å²) in [5.41, 5.74) is 0.808. The van der Waals surface area contributed by atoms with E-state index >= 15 is 0 Å². The molecular formula is C10H16O2. The third-order valence-corrected chi connectivity index (χ3v) is 2.55. The lowest BCUT2D eigenvalue weighted by Crippen LogP contribution is -2.31. The van der Waals surface area contributed by atoms with Gasteiger partial charge in [0.2, 0.25) is 0 Å². The van der Waals surface area contributed by atoms with Crippen molar-refractivity contribution in [1.82, 2.24) is 0 Å². The largest absolute Gasteiger partial charge is 0.494 e. The molecule has 0 saturated carbocycles. The average molecular weight is 168 g/mol. The van der Waals surface area contributed by atoms with Crippen LogP contribution in [-0.4, -0.2) is 11.9 Å². The van der Waals surface area contributed by atoms with Gasteiger partial charge in [0.25, 0.3) is 0 Å². The van der Waals surface area contributed by atoms with Crippen LogP contribution in [0.2, 0.25) is 0 Å². The van der Waals surface area contributed by atoms with Crippen LogP contribution in [0.5, 0.6) is 0 Å². The lowest BCUT2D eigenvalue weighted by atomic mass is 9.92. The molecule has 0 saturated heterocycles. The van der Waals surface area contributed by atoms with Gasteiger partial charge in [-0.2, -0.15) is 0 Å². The summed E-state index contributed by atoms with van der Waals surface area (Å²) in [6.45, 7) is 7.73. The van der Waals surface area contributed by atoms with Gasteiger partial charge in [0.15, 0.2) is 5.78 Å². The number of ketones is 1. The maximum absolute atomic E-state index is 11.6. The Labute approximate surface area is 73.6 Å². The molecule has 0 bridgehead atoms. The van der Waals surface area contributed by atoms with Crippen LogP contribution in [0.1, 0.15) is 34.1 Å². The Morgan fingerprint density at radius 3 is 2.50 bits per heavy atom. The Hall–Kier alpha value is -0.790. The molecule has 0 aliphatic carbocycles. The fraction of sp³-hybridized carbons (Fsp3) is 0.700. The molecule has 2 nitrogen and oxygen atoms in total. The standard InChI is InChI=1S/C10H16O2/c1-5-9-7(3)10(11)6(2)8(4)12-9/h6,8H,5H2,1-4H3/t6-,8+/m0/s1. The minimum atomic E-state index is 0.0142. The van der Waals surface area contributed by atoms with Crippen LogP contribution in [0.4, 0.5) is 0 Å². The normalized spacial score (nSPS) is 30.5. The first kappa shape index (κ1) is 9.30. The monoisotopic (exact) mass is 168 g/mol. The van der Waals surface area contributed by atoms with Gasteiger partial charge in [-0.3, -0.25) is 4.79 Å². The quantitative estimate of drug-likeness (QED) is 0.600. The first-order chi connectivity index (χ1) is 5.57. The fourth-order valence-corrected chi connectivity index (χ4v) is 1.46. The van der Waals surface area contributed by atoms with Crippen LogP contribution in [0.3, 0.4) is 0 Å². The van der Waals surface area contributed by atoms with Crippen LogP contribution in [-0.2, 0) is 9.53 Å². The molecule has 0 unspecified atom stereocenters. The molecule has 12 heavy (non-hydrogen) atoms. The van der Waals surface area contributed by atoms with E-state index in [1.54, 1.807) is 0 Å².